The number of anilines is 1. The van der Waals surface area contributed by atoms with Crippen molar-refractivity contribution in [1.82, 2.24) is 0 Å². The molecule has 0 saturated carbocycles. The van der Waals surface area contributed by atoms with Gasteiger partial charge in [-0.1, -0.05) is 11.6 Å². The monoisotopic (exact) mass is 232 g/mol. The van der Waals surface area contributed by atoms with Crippen LogP contribution in [0.2, 0.25) is 5.02 Å². The quantitative estimate of drug-likeness (QED) is 0.732. The van der Waals surface area contributed by atoms with Crippen LogP contribution in [-0.4, -0.2) is 23.7 Å². The van der Waals surface area contributed by atoms with Crippen LogP contribution in [0.4, 0.5) is 10.1 Å². The number of nitrogens with two attached hydrogens (primary N) is 1. The minimum absolute atomic E-state index is 0.109. The molecule has 0 aliphatic heterocycles. The fourth-order valence-corrected chi connectivity index (χ4v) is 1.19. The zero-order valence-electron chi connectivity index (χ0n) is 7.71. The zero-order chi connectivity index (χ0) is 11.4. The van der Waals surface area contributed by atoms with Crippen LogP contribution >= 0.6 is 11.6 Å². The average Bonchev–Trinajstić information content (AvgIpc) is 2.18. The lowest BCUT2D eigenvalue weighted by atomic mass is 10.2. The number of carbonyl (C=O) groups is 1. The number of hydrogen-bond donors (Lipinski definition) is 3. The molecule has 1 aromatic rings. The second kappa shape index (κ2) is 4.95. The lowest BCUT2D eigenvalue weighted by Gasteiger charge is -2.14. The van der Waals surface area contributed by atoms with E-state index in [-0.39, 0.29) is 17.3 Å². The second-order valence-corrected chi connectivity index (χ2v) is 3.30. The minimum atomic E-state index is -1.11. The molecule has 0 bridgehead atoms. The van der Waals surface area contributed by atoms with Gasteiger partial charge in [-0.15, -0.1) is 0 Å². The highest BCUT2D eigenvalue weighted by atomic mass is 35.5. The Balaban J connectivity index is 2.87. The van der Waals surface area contributed by atoms with Gasteiger partial charge in [0, 0.05) is 6.54 Å². The van der Waals surface area contributed by atoms with Crippen LogP contribution in [0.3, 0.4) is 0 Å². The number of rotatable bonds is 4. The first-order chi connectivity index (χ1) is 7.04. The normalized spacial score (nSPS) is 12.2. The Kier molecular flexibility index (Phi) is 3.88. The van der Waals surface area contributed by atoms with Crippen molar-refractivity contribution in [1.29, 1.82) is 0 Å². The smallest absolute Gasteiger partial charge is 0.327 e. The summed E-state index contributed by atoms with van der Waals surface area (Å²) in [6.07, 6.45) is 0. The number of hydrogen-bond acceptors (Lipinski definition) is 3. The van der Waals surface area contributed by atoms with Gasteiger partial charge < -0.3 is 16.2 Å². The molecule has 15 heavy (non-hydrogen) atoms. The molecule has 0 heterocycles. The van der Waals surface area contributed by atoms with E-state index < -0.39 is 17.8 Å². The number of halogens is 2. The molecule has 0 aliphatic rings. The van der Waals surface area contributed by atoms with Gasteiger partial charge in [-0.25, -0.2) is 9.18 Å². The van der Waals surface area contributed by atoms with Gasteiger partial charge in [0.25, 0.3) is 0 Å². The summed E-state index contributed by atoms with van der Waals surface area (Å²) in [7, 11) is 0. The van der Waals surface area contributed by atoms with Crippen molar-refractivity contribution >= 4 is 23.3 Å². The first-order valence-electron chi connectivity index (χ1n) is 4.19. The van der Waals surface area contributed by atoms with Gasteiger partial charge in [0.2, 0.25) is 0 Å². The van der Waals surface area contributed by atoms with Crippen LogP contribution < -0.4 is 11.1 Å². The van der Waals surface area contributed by atoms with Crippen LogP contribution in [0.5, 0.6) is 0 Å². The van der Waals surface area contributed by atoms with Crippen molar-refractivity contribution in [2.24, 2.45) is 5.73 Å². The van der Waals surface area contributed by atoms with Crippen LogP contribution in [0.15, 0.2) is 18.2 Å². The highest BCUT2D eigenvalue weighted by Gasteiger charge is 2.16. The number of carboxylic acid groups (broad SMARTS) is 1. The van der Waals surface area contributed by atoms with E-state index in [4.69, 9.17) is 22.4 Å². The highest BCUT2D eigenvalue weighted by Crippen LogP contribution is 2.22. The van der Waals surface area contributed by atoms with Crippen LogP contribution in [-0.2, 0) is 4.79 Å². The fourth-order valence-electron chi connectivity index (χ4n) is 1.02. The maximum absolute atomic E-state index is 12.8. The molecule has 1 atom stereocenters. The summed E-state index contributed by atoms with van der Waals surface area (Å²) in [5, 5.41) is 11.5. The molecule has 6 heteroatoms. The summed E-state index contributed by atoms with van der Waals surface area (Å²) in [5.74, 6) is -1.61. The molecule has 0 aliphatic carbocycles. The summed E-state index contributed by atoms with van der Waals surface area (Å²) >= 11 is 5.74. The Bertz CT molecular complexity index is 373. The number of benzene rings is 1. The molecule has 0 aromatic heterocycles. The molecule has 0 amide bonds. The summed E-state index contributed by atoms with van der Waals surface area (Å²) in [6, 6.07) is 2.67. The van der Waals surface area contributed by atoms with Gasteiger partial charge in [-0.05, 0) is 18.2 Å². The topological polar surface area (TPSA) is 75.3 Å². The van der Waals surface area contributed by atoms with E-state index in [0.717, 1.165) is 6.07 Å². The van der Waals surface area contributed by atoms with E-state index in [0.29, 0.717) is 0 Å². The third-order valence-electron chi connectivity index (χ3n) is 1.79. The van der Waals surface area contributed by atoms with E-state index in [1.165, 1.54) is 12.1 Å². The predicted molar refractivity (Wildman–Crippen MR) is 55.5 cm³/mol. The van der Waals surface area contributed by atoms with Crippen molar-refractivity contribution in [3.05, 3.63) is 29.0 Å². The summed E-state index contributed by atoms with van der Waals surface area (Å²) in [5.41, 5.74) is 5.45. The van der Waals surface area contributed by atoms with Gasteiger partial charge in [0.15, 0.2) is 0 Å². The summed E-state index contributed by atoms with van der Waals surface area (Å²) in [4.78, 5) is 10.7. The second-order valence-electron chi connectivity index (χ2n) is 2.90. The van der Waals surface area contributed by atoms with Gasteiger partial charge in [-0.3, -0.25) is 0 Å². The molecule has 1 rings (SSSR count). The molecule has 0 fully saturated rings. The molecule has 4 nitrogen and oxygen atoms in total. The SMILES string of the molecule is NCC(Nc1cc(F)ccc1Cl)C(=O)O. The molecular formula is C9H10ClFN2O2. The predicted octanol–water partition coefficient (Wildman–Crippen LogP) is 1.30. The number of carboxylic acids is 1. The Labute approximate surface area is 90.8 Å². The maximum Gasteiger partial charge on any atom is 0.327 e. The summed E-state index contributed by atoms with van der Waals surface area (Å²) < 4.78 is 12.8. The van der Waals surface area contributed by atoms with Crippen molar-refractivity contribution in [3.63, 3.8) is 0 Å². The lowest BCUT2D eigenvalue weighted by molar-refractivity contribution is -0.137. The van der Waals surface area contributed by atoms with E-state index in [2.05, 4.69) is 5.32 Å². The third-order valence-corrected chi connectivity index (χ3v) is 2.12. The Morgan fingerprint density at radius 1 is 1.67 bits per heavy atom. The Morgan fingerprint density at radius 2 is 2.33 bits per heavy atom. The van der Waals surface area contributed by atoms with E-state index in [1.54, 1.807) is 0 Å². The largest absolute Gasteiger partial charge is 0.480 e. The molecular weight excluding hydrogens is 223 g/mol. The fraction of sp³-hybridized carbons (Fsp3) is 0.222. The van der Waals surface area contributed by atoms with Gasteiger partial charge >= 0.3 is 5.97 Å². The summed E-state index contributed by atoms with van der Waals surface area (Å²) in [6.45, 7) is -0.109. The van der Waals surface area contributed by atoms with Crippen LogP contribution in [0.25, 0.3) is 0 Å². The number of aliphatic carboxylic acids is 1. The van der Waals surface area contributed by atoms with Crippen LogP contribution in [0.1, 0.15) is 0 Å². The third kappa shape index (κ3) is 3.07. The van der Waals surface area contributed by atoms with E-state index in [9.17, 15) is 9.18 Å². The maximum atomic E-state index is 12.8. The molecule has 0 spiro atoms. The molecule has 0 radical (unpaired) electrons. The van der Waals surface area contributed by atoms with Gasteiger partial charge in [0.1, 0.15) is 11.9 Å². The molecule has 1 unspecified atom stereocenters. The first kappa shape index (κ1) is 11.7. The molecule has 82 valence electrons. The Morgan fingerprint density at radius 3 is 2.87 bits per heavy atom. The first-order valence-corrected chi connectivity index (χ1v) is 4.57. The van der Waals surface area contributed by atoms with Gasteiger partial charge in [0.05, 0.1) is 10.7 Å². The van der Waals surface area contributed by atoms with E-state index in [1.807, 2.05) is 0 Å². The van der Waals surface area contributed by atoms with Crippen LogP contribution in [0, 0.1) is 5.82 Å². The highest BCUT2D eigenvalue weighted by molar-refractivity contribution is 6.33. The standard InChI is InChI=1S/C9H10ClFN2O2/c10-6-2-1-5(11)3-7(6)13-8(4-12)9(14)15/h1-3,8,13H,4,12H2,(H,14,15). The zero-order valence-corrected chi connectivity index (χ0v) is 8.46. The average molecular weight is 233 g/mol. The van der Waals surface area contributed by atoms with Crippen molar-refractivity contribution in [3.8, 4) is 0 Å². The number of nitrogens with one attached hydrogen (secondary N) is 1. The molecule has 0 saturated heterocycles. The van der Waals surface area contributed by atoms with Gasteiger partial charge in [-0.2, -0.15) is 0 Å². The van der Waals surface area contributed by atoms with E-state index >= 15 is 0 Å². The van der Waals surface area contributed by atoms with Crippen molar-refractivity contribution in [2.75, 3.05) is 11.9 Å². The molecule has 1 aromatic carbocycles. The molecule has 4 N–H and O–H groups in total. The minimum Gasteiger partial charge on any atom is -0.480 e. The van der Waals surface area contributed by atoms with Crippen molar-refractivity contribution in [2.45, 2.75) is 6.04 Å². The lowest BCUT2D eigenvalue weighted by Crippen LogP contribution is -2.36. The van der Waals surface area contributed by atoms with Crippen molar-refractivity contribution < 1.29 is 14.3 Å². The Hall–Kier alpha value is -1.33.